The maximum Gasteiger partial charge on any atom is 0.206 e. The molecule has 0 saturated heterocycles. The lowest BCUT2D eigenvalue weighted by molar-refractivity contribution is 0.629. The van der Waals surface area contributed by atoms with Gasteiger partial charge >= 0.3 is 0 Å². The summed E-state index contributed by atoms with van der Waals surface area (Å²) in [6.07, 6.45) is 3.40. The third kappa shape index (κ3) is 1.53. The van der Waals surface area contributed by atoms with Crippen LogP contribution in [0.15, 0.2) is 24.5 Å². The van der Waals surface area contributed by atoms with Crippen LogP contribution in [0.5, 0.6) is 0 Å². The predicted octanol–water partition coefficient (Wildman–Crippen LogP) is 2.13. The molecule has 3 aromatic rings. The van der Waals surface area contributed by atoms with Crippen molar-refractivity contribution in [2.24, 2.45) is 7.05 Å². The number of halogens is 2. The van der Waals surface area contributed by atoms with Crippen molar-refractivity contribution in [2.75, 3.05) is 5.73 Å². The third-order valence-corrected chi connectivity index (χ3v) is 2.96. The normalized spacial score (nSPS) is 11.3. The summed E-state index contributed by atoms with van der Waals surface area (Å²) >= 11 is 5.72. The maximum absolute atomic E-state index is 13.5. The van der Waals surface area contributed by atoms with E-state index in [1.165, 1.54) is 12.1 Å². The van der Waals surface area contributed by atoms with Gasteiger partial charge in [-0.15, -0.1) is 0 Å². The number of nitrogen functional groups attached to an aromatic ring is 1. The van der Waals surface area contributed by atoms with Crippen molar-refractivity contribution in [1.82, 2.24) is 19.3 Å². The Hall–Kier alpha value is -2.08. The number of rotatable bonds is 1. The van der Waals surface area contributed by atoms with Gasteiger partial charge in [0.25, 0.3) is 0 Å². The highest BCUT2D eigenvalue weighted by atomic mass is 35.5. The number of anilines is 1. The summed E-state index contributed by atoms with van der Waals surface area (Å²) in [5.74, 6) is -0.242. The number of benzene rings is 1. The van der Waals surface area contributed by atoms with Gasteiger partial charge in [-0.1, -0.05) is 11.6 Å². The van der Waals surface area contributed by atoms with Gasteiger partial charge in [0.1, 0.15) is 5.82 Å². The van der Waals surface area contributed by atoms with E-state index in [9.17, 15) is 4.39 Å². The first-order chi connectivity index (χ1) is 8.56. The van der Waals surface area contributed by atoms with E-state index in [1.807, 2.05) is 0 Å². The predicted molar refractivity (Wildman–Crippen MR) is 67.2 cm³/mol. The Morgan fingerprint density at radius 1 is 1.39 bits per heavy atom. The van der Waals surface area contributed by atoms with Gasteiger partial charge in [0.05, 0.1) is 27.9 Å². The number of imidazole rings is 1. The number of aryl methyl sites for hydroxylation is 1. The Balaban J connectivity index is 2.35. The highest BCUT2D eigenvalue weighted by Gasteiger charge is 2.14. The molecule has 92 valence electrons. The SMILES string of the molecule is Cn1cc(-n2c(N)nc3cc(Cl)c(F)cc32)cn1. The lowest BCUT2D eigenvalue weighted by Crippen LogP contribution is -1.99. The fourth-order valence-corrected chi connectivity index (χ4v) is 2.04. The van der Waals surface area contributed by atoms with Gasteiger partial charge in [-0.2, -0.15) is 5.10 Å². The highest BCUT2D eigenvalue weighted by molar-refractivity contribution is 6.31. The lowest BCUT2D eigenvalue weighted by atomic mass is 10.3. The molecule has 18 heavy (non-hydrogen) atoms. The first-order valence-electron chi connectivity index (χ1n) is 5.18. The smallest absolute Gasteiger partial charge is 0.206 e. The van der Waals surface area contributed by atoms with Crippen LogP contribution < -0.4 is 5.73 Å². The Morgan fingerprint density at radius 2 is 2.17 bits per heavy atom. The second-order valence-electron chi connectivity index (χ2n) is 3.93. The summed E-state index contributed by atoms with van der Waals surface area (Å²) in [6, 6.07) is 2.77. The molecule has 0 aliphatic carbocycles. The van der Waals surface area contributed by atoms with Gasteiger partial charge < -0.3 is 5.73 Å². The summed E-state index contributed by atoms with van der Waals surface area (Å²) < 4.78 is 16.8. The lowest BCUT2D eigenvalue weighted by Gasteiger charge is -2.02. The molecule has 2 aromatic heterocycles. The molecule has 0 fully saturated rings. The molecule has 0 spiro atoms. The summed E-state index contributed by atoms with van der Waals surface area (Å²) in [5, 5.41) is 4.08. The minimum Gasteiger partial charge on any atom is -0.369 e. The molecule has 0 amide bonds. The van der Waals surface area contributed by atoms with Crippen molar-refractivity contribution < 1.29 is 4.39 Å². The number of fused-ring (bicyclic) bond motifs is 1. The minimum atomic E-state index is -0.505. The van der Waals surface area contributed by atoms with Crippen molar-refractivity contribution >= 4 is 28.6 Å². The summed E-state index contributed by atoms with van der Waals surface area (Å²) in [6.45, 7) is 0. The summed E-state index contributed by atoms with van der Waals surface area (Å²) in [7, 11) is 1.79. The van der Waals surface area contributed by atoms with Crippen LogP contribution in [-0.4, -0.2) is 19.3 Å². The fraction of sp³-hybridized carbons (Fsp3) is 0.0909. The standard InChI is InChI=1S/C11H9ClFN5/c1-17-5-6(4-15-17)18-10-3-8(13)7(12)2-9(10)16-11(18)14/h2-5H,1H3,(H2,14,16). The molecule has 5 nitrogen and oxygen atoms in total. The Labute approximate surface area is 107 Å². The Bertz CT molecular complexity index is 745. The molecule has 7 heteroatoms. The Kier molecular flexibility index (Phi) is 2.27. The van der Waals surface area contributed by atoms with Gasteiger partial charge in [-0.3, -0.25) is 9.25 Å². The molecule has 0 radical (unpaired) electrons. The van der Waals surface area contributed by atoms with E-state index < -0.39 is 5.82 Å². The third-order valence-electron chi connectivity index (χ3n) is 2.67. The second-order valence-corrected chi connectivity index (χ2v) is 4.34. The van der Waals surface area contributed by atoms with Crippen LogP contribution >= 0.6 is 11.6 Å². The Morgan fingerprint density at radius 3 is 2.83 bits per heavy atom. The molecule has 0 aliphatic heterocycles. The molecule has 0 unspecified atom stereocenters. The van der Waals surface area contributed by atoms with Crippen molar-refractivity contribution in [2.45, 2.75) is 0 Å². The zero-order valence-electron chi connectivity index (χ0n) is 9.43. The van der Waals surface area contributed by atoms with Gasteiger partial charge in [0.15, 0.2) is 0 Å². The van der Waals surface area contributed by atoms with E-state index >= 15 is 0 Å². The highest BCUT2D eigenvalue weighted by Crippen LogP contribution is 2.27. The van der Waals surface area contributed by atoms with E-state index in [0.717, 1.165) is 5.69 Å². The van der Waals surface area contributed by atoms with E-state index in [2.05, 4.69) is 10.1 Å². The van der Waals surface area contributed by atoms with Crippen LogP contribution in [0.25, 0.3) is 16.7 Å². The first kappa shape index (κ1) is 11.0. The average molecular weight is 266 g/mol. The van der Waals surface area contributed by atoms with Crippen LogP contribution in [0.3, 0.4) is 0 Å². The molecule has 0 bridgehead atoms. The molecule has 2 heterocycles. The van der Waals surface area contributed by atoms with Crippen LogP contribution in [0.4, 0.5) is 10.3 Å². The van der Waals surface area contributed by atoms with Crippen molar-refractivity contribution in [3.63, 3.8) is 0 Å². The van der Waals surface area contributed by atoms with E-state index in [-0.39, 0.29) is 11.0 Å². The topological polar surface area (TPSA) is 61.7 Å². The van der Waals surface area contributed by atoms with Gasteiger partial charge in [-0.25, -0.2) is 9.37 Å². The number of nitrogens with two attached hydrogens (primary N) is 1. The number of hydrogen-bond acceptors (Lipinski definition) is 3. The molecular formula is C11H9ClFN5. The van der Waals surface area contributed by atoms with Crippen LogP contribution in [0.2, 0.25) is 5.02 Å². The van der Waals surface area contributed by atoms with Gasteiger partial charge in [-0.05, 0) is 6.07 Å². The maximum atomic E-state index is 13.5. The van der Waals surface area contributed by atoms with E-state index in [0.29, 0.717) is 11.0 Å². The van der Waals surface area contributed by atoms with Crippen LogP contribution in [0, 0.1) is 5.82 Å². The molecule has 2 N–H and O–H groups in total. The van der Waals surface area contributed by atoms with Crippen molar-refractivity contribution in [1.29, 1.82) is 0 Å². The summed E-state index contributed by atoms with van der Waals surface area (Å²) in [4.78, 5) is 4.15. The van der Waals surface area contributed by atoms with Gasteiger partial charge in [0.2, 0.25) is 5.95 Å². The number of hydrogen-bond donors (Lipinski definition) is 1. The molecule has 0 atom stereocenters. The zero-order valence-corrected chi connectivity index (χ0v) is 10.2. The van der Waals surface area contributed by atoms with Crippen LogP contribution in [0.1, 0.15) is 0 Å². The number of aromatic nitrogens is 4. The second kappa shape index (κ2) is 3.71. The summed E-state index contributed by atoms with van der Waals surface area (Å²) in [5.41, 5.74) is 7.67. The minimum absolute atomic E-state index is 0.0262. The average Bonchev–Trinajstić information content (AvgIpc) is 2.83. The largest absolute Gasteiger partial charge is 0.369 e. The van der Waals surface area contributed by atoms with E-state index in [4.69, 9.17) is 17.3 Å². The number of nitrogens with zero attached hydrogens (tertiary/aromatic N) is 4. The van der Waals surface area contributed by atoms with E-state index in [1.54, 1.807) is 28.7 Å². The quantitative estimate of drug-likeness (QED) is 0.733. The van der Waals surface area contributed by atoms with Crippen LogP contribution in [-0.2, 0) is 7.05 Å². The monoisotopic (exact) mass is 265 g/mol. The molecule has 0 saturated carbocycles. The molecule has 0 aliphatic rings. The van der Waals surface area contributed by atoms with Gasteiger partial charge in [0, 0.05) is 19.3 Å². The molecular weight excluding hydrogens is 257 g/mol. The fourth-order valence-electron chi connectivity index (χ4n) is 1.89. The van der Waals surface area contributed by atoms with Crippen molar-refractivity contribution in [3.8, 4) is 5.69 Å². The zero-order chi connectivity index (χ0) is 12.9. The molecule has 3 rings (SSSR count). The van der Waals surface area contributed by atoms with Crippen molar-refractivity contribution in [3.05, 3.63) is 35.4 Å². The molecule has 1 aromatic carbocycles. The first-order valence-corrected chi connectivity index (χ1v) is 5.56.